The molecule has 2 atom stereocenters. The summed E-state index contributed by atoms with van der Waals surface area (Å²) < 4.78 is 53.6. The van der Waals surface area contributed by atoms with E-state index in [0.29, 0.717) is 23.4 Å². The fraction of sp³-hybridized carbons (Fsp3) is 0.257. The molecule has 4 amide bonds. The van der Waals surface area contributed by atoms with Gasteiger partial charge in [-0.3, -0.25) is 24.1 Å². The molecule has 4 heterocycles. The average molecular weight is 772 g/mol. The van der Waals surface area contributed by atoms with Gasteiger partial charge in [0.2, 0.25) is 18.4 Å². The lowest BCUT2D eigenvalue weighted by molar-refractivity contribution is -0.684. The summed E-state index contributed by atoms with van der Waals surface area (Å²) in [6.45, 7) is 0.517. The van der Waals surface area contributed by atoms with E-state index in [2.05, 4.69) is 10.6 Å². The number of carbonyl (C=O) groups is 5. The number of allylic oxidation sites excluding steroid dienone is 1. The number of hydrogen-bond acceptors (Lipinski definition) is 9. The van der Waals surface area contributed by atoms with Gasteiger partial charge in [0, 0.05) is 53.2 Å². The van der Waals surface area contributed by atoms with E-state index in [-0.39, 0.29) is 47.5 Å². The lowest BCUT2D eigenvalue weighted by Gasteiger charge is -2.50. The Balaban J connectivity index is 1.03. The summed E-state index contributed by atoms with van der Waals surface area (Å²) in [4.78, 5) is 66.6. The van der Waals surface area contributed by atoms with Crippen LogP contribution in [-0.2, 0) is 43.2 Å². The number of nitrogens with zero attached hydrogens (tertiary/aromatic N) is 3. The van der Waals surface area contributed by atoms with Gasteiger partial charge in [0.1, 0.15) is 11.4 Å². The maximum Gasteiger partial charge on any atom is 0.416 e. The molecule has 0 bridgehead atoms. The highest BCUT2D eigenvalue weighted by Gasteiger charge is 2.52. The van der Waals surface area contributed by atoms with Crippen molar-refractivity contribution in [3.05, 3.63) is 107 Å². The Hall–Kier alpha value is -5.36. The number of phenolic OH excluding ortho intramolecular Hbond substituents is 1. The van der Waals surface area contributed by atoms with Crippen LogP contribution in [0.1, 0.15) is 17.5 Å². The van der Waals surface area contributed by atoms with E-state index >= 15 is 0 Å². The monoisotopic (exact) mass is 771 g/mol. The molecule has 0 saturated carbocycles. The maximum atomic E-state index is 13.6. The first-order valence-electron chi connectivity index (χ1n) is 15.9. The number of phenols is 1. The number of hydrogen-bond donors (Lipinski definition) is 3. The zero-order valence-electron chi connectivity index (χ0n) is 27.4. The topological polar surface area (TPSA) is 163 Å². The summed E-state index contributed by atoms with van der Waals surface area (Å²) in [6, 6.07) is 10.2. The van der Waals surface area contributed by atoms with Gasteiger partial charge in [-0.2, -0.15) is 17.7 Å². The van der Waals surface area contributed by atoms with E-state index in [9.17, 15) is 51.7 Å². The largest absolute Gasteiger partial charge is 0.543 e. The van der Waals surface area contributed by atoms with Crippen molar-refractivity contribution in [3.8, 4) is 5.75 Å². The molecule has 3 aromatic rings. The van der Waals surface area contributed by atoms with Crippen molar-refractivity contribution in [2.45, 2.75) is 42.0 Å². The number of aliphatic carboxylic acids is 1. The van der Waals surface area contributed by atoms with E-state index in [4.69, 9.17) is 0 Å². The molecule has 0 unspecified atom stereocenters. The van der Waals surface area contributed by atoms with Crippen LogP contribution >= 0.6 is 23.5 Å². The maximum absolute atomic E-state index is 13.6. The van der Waals surface area contributed by atoms with Gasteiger partial charge >= 0.3 is 6.18 Å². The number of β-lactam (4-membered cyclic amide) rings is 1. The first-order chi connectivity index (χ1) is 25.2. The number of halogens is 4. The van der Waals surface area contributed by atoms with Gasteiger partial charge in [-0.15, -0.1) is 23.5 Å². The number of benzene rings is 2. The number of fused-ring (bicyclic) bond motifs is 1. The van der Waals surface area contributed by atoms with Crippen LogP contribution in [0, 0.1) is 5.82 Å². The van der Waals surface area contributed by atoms with E-state index in [0.717, 1.165) is 46.5 Å². The highest BCUT2D eigenvalue weighted by atomic mass is 32.2. The Morgan fingerprint density at radius 3 is 2.43 bits per heavy atom. The lowest BCUT2D eigenvalue weighted by Crippen LogP contribution is -2.71. The number of amides is 4. The third kappa shape index (κ3) is 8.49. The predicted molar refractivity (Wildman–Crippen MR) is 181 cm³/mol. The molecule has 0 aliphatic carbocycles. The lowest BCUT2D eigenvalue weighted by atomic mass is 10.0. The molecule has 2 fully saturated rings. The van der Waals surface area contributed by atoms with Gasteiger partial charge < -0.3 is 30.5 Å². The number of carbonyl (C=O) groups excluding carboxylic acids is 5. The molecule has 2 aromatic carbocycles. The van der Waals surface area contributed by atoms with Gasteiger partial charge in [-0.1, -0.05) is 0 Å². The molecule has 18 heteroatoms. The fourth-order valence-electron chi connectivity index (χ4n) is 5.88. The summed E-state index contributed by atoms with van der Waals surface area (Å²) in [5, 5.41) is 25.9. The third-order valence-electron chi connectivity index (χ3n) is 8.51. The van der Waals surface area contributed by atoms with Crippen LogP contribution in [0.5, 0.6) is 5.75 Å². The molecule has 3 N–H and O–H groups in total. The molecular formula is C35H29F4N5O7S2. The Morgan fingerprint density at radius 1 is 1.06 bits per heavy atom. The third-order valence-corrected chi connectivity index (χ3v) is 10.8. The number of carboxylic acid groups (broad SMARTS) is 1. The number of carboxylic acids is 1. The zero-order chi connectivity index (χ0) is 38.0. The van der Waals surface area contributed by atoms with Crippen molar-refractivity contribution in [2.24, 2.45) is 0 Å². The molecule has 3 aliphatic heterocycles. The number of thioether (sulfide) groups is 2. The van der Waals surface area contributed by atoms with Gasteiger partial charge in [0.05, 0.1) is 23.0 Å². The number of pyridine rings is 1. The summed E-state index contributed by atoms with van der Waals surface area (Å²) in [6.07, 6.45) is 0.597. The minimum absolute atomic E-state index is 0.0787. The second-order valence-electron chi connectivity index (χ2n) is 12.2. The Bertz CT molecular complexity index is 2040. The molecule has 1 aromatic heterocycles. The number of likely N-dealkylation sites (tertiary alicyclic amines) is 1. The summed E-state index contributed by atoms with van der Waals surface area (Å²) >= 11 is 2.19. The van der Waals surface area contributed by atoms with E-state index in [1.54, 1.807) is 34.0 Å². The highest BCUT2D eigenvalue weighted by Crippen LogP contribution is 2.41. The molecular weight excluding hydrogens is 743 g/mol. The van der Waals surface area contributed by atoms with E-state index in [1.165, 1.54) is 36.0 Å². The second kappa shape index (κ2) is 15.3. The van der Waals surface area contributed by atoms with Crippen molar-refractivity contribution in [3.63, 3.8) is 0 Å². The minimum Gasteiger partial charge on any atom is -0.543 e. The molecule has 2 saturated heterocycles. The molecule has 12 nitrogen and oxygen atoms in total. The summed E-state index contributed by atoms with van der Waals surface area (Å²) in [5.74, 6) is -5.03. The number of aromatic hydroxyl groups is 1. The average Bonchev–Trinajstić information content (AvgIpc) is 3.45. The van der Waals surface area contributed by atoms with Crippen molar-refractivity contribution in [2.75, 3.05) is 23.4 Å². The van der Waals surface area contributed by atoms with Crippen LogP contribution < -0.4 is 20.3 Å². The normalized spacial score (nSPS) is 19.3. The molecule has 276 valence electrons. The highest BCUT2D eigenvalue weighted by molar-refractivity contribution is 8.00. The van der Waals surface area contributed by atoms with Crippen LogP contribution in [0.3, 0.4) is 0 Å². The summed E-state index contributed by atoms with van der Waals surface area (Å²) in [5.41, 5.74) is 0.325. The van der Waals surface area contributed by atoms with Crippen molar-refractivity contribution in [1.29, 1.82) is 0 Å². The summed E-state index contributed by atoms with van der Waals surface area (Å²) in [7, 11) is 0. The Labute approximate surface area is 307 Å². The van der Waals surface area contributed by atoms with Crippen LogP contribution in [0.4, 0.5) is 23.2 Å². The number of nitrogens with one attached hydrogen (secondary N) is 2. The van der Waals surface area contributed by atoms with E-state index in [1.807, 2.05) is 0 Å². The molecule has 53 heavy (non-hydrogen) atoms. The predicted octanol–water partition coefficient (Wildman–Crippen LogP) is 2.33. The van der Waals surface area contributed by atoms with Crippen LogP contribution in [0.2, 0.25) is 0 Å². The van der Waals surface area contributed by atoms with Gasteiger partial charge in [0.15, 0.2) is 24.0 Å². The number of anilines is 1. The molecule has 0 spiro atoms. The number of aromatic nitrogens is 1. The van der Waals surface area contributed by atoms with Gasteiger partial charge in [-0.25, -0.2) is 4.39 Å². The minimum atomic E-state index is -4.49. The molecule has 6 rings (SSSR count). The van der Waals surface area contributed by atoms with Crippen LogP contribution in [-0.4, -0.2) is 74.0 Å². The number of alkyl halides is 3. The zero-order valence-corrected chi connectivity index (χ0v) is 29.0. The van der Waals surface area contributed by atoms with Crippen LogP contribution in [0.15, 0.2) is 94.8 Å². The molecule has 3 aliphatic rings. The first kappa shape index (κ1) is 37.4. The second-order valence-corrected chi connectivity index (χ2v) is 14.3. The van der Waals surface area contributed by atoms with Gasteiger partial charge in [-0.05, 0) is 60.0 Å². The molecule has 0 radical (unpaired) electrons. The van der Waals surface area contributed by atoms with Gasteiger partial charge in [0.25, 0.3) is 11.8 Å². The number of rotatable bonds is 11. The van der Waals surface area contributed by atoms with Crippen molar-refractivity contribution >= 4 is 58.8 Å². The standard InChI is InChI=1S/C35H29F4N5O7S2/c36-25-14-23(3-6-26(25)45)40-27(46)16-42-10-7-19(8-11-42)15-43-12-9-20(31(43)48)13-21-17-53-33-29(32(49)44(33)30(21)34(50)51)41-28(47)18-52-24-4-1-22(2-5-24)35(37,38)39/h1-8,10-11,13-14,29,33H,9,12,15-18H2,(H3-,40,41,45,46,47,50,51)/t29-,33-/m1/s1. The Morgan fingerprint density at radius 2 is 1.77 bits per heavy atom. The quantitative estimate of drug-likeness (QED) is 0.0664. The van der Waals surface area contributed by atoms with E-state index < -0.39 is 58.4 Å². The fourth-order valence-corrected chi connectivity index (χ4v) is 7.89. The van der Waals surface area contributed by atoms with Crippen LogP contribution in [0.25, 0.3) is 0 Å². The van der Waals surface area contributed by atoms with Crippen molar-refractivity contribution in [1.82, 2.24) is 15.1 Å². The smallest absolute Gasteiger partial charge is 0.416 e. The SMILES string of the molecule is O=C(C[n+]1ccc(CN2CCC(=CC3=C(C(=O)[O-])N4C(=O)[C@@H](NC(=O)CSc5ccc(C(F)(F)F)cc5)[C@H]4SC3)C2=O)cc1)Nc1ccc(O)c(F)c1. The Kier molecular flexibility index (Phi) is 10.8. The van der Waals surface area contributed by atoms with Crippen molar-refractivity contribution < 1.29 is 56.3 Å². The first-order valence-corrected chi connectivity index (χ1v) is 18.0.